The van der Waals surface area contributed by atoms with Crippen LogP contribution in [-0.4, -0.2) is 132 Å². The zero-order valence-electron chi connectivity index (χ0n) is 26.9. The lowest BCUT2D eigenvalue weighted by atomic mass is 9.82. The Labute approximate surface area is 278 Å². The van der Waals surface area contributed by atoms with E-state index in [4.69, 9.17) is 24.7 Å². The van der Waals surface area contributed by atoms with Gasteiger partial charge in [0.1, 0.15) is 18.1 Å². The van der Waals surface area contributed by atoms with E-state index < -0.39 is 110 Å². The number of allylic oxidation sites excluding steroid dienone is 6. The molecule has 0 aromatic rings. The zero-order chi connectivity index (χ0) is 35.6. The predicted octanol–water partition coefficient (Wildman–Crippen LogP) is -1.07. The summed E-state index contributed by atoms with van der Waals surface area (Å²) in [4.78, 5) is 24.5. The number of nitrogens with two attached hydrogens (primary N) is 1. The summed E-state index contributed by atoms with van der Waals surface area (Å²) in [5, 5.41) is 84.1. The summed E-state index contributed by atoms with van der Waals surface area (Å²) in [6.07, 6.45) is 0.335. The first-order valence-electron chi connectivity index (χ1n) is 15.9. The maximum Gasteiger partial charge on any atom is 0.330 e. The van der Waals surface area contributed by atoms with Crippen molar-refractivity contribution < 1.29 is 69.4 Å². The molecule has 10 N–H and O–H groups in total. The summed E-state index contributed by atoms with van der Waals surface area (Å²) >= 11 is 0. The fourth-order valence-electron chi connectivity index (χ4n) is 5.61. The highest BCUT2D eigenvalue weighted by molar-refractivity contribution is 5.82. The van der Waals surface area contributed by atoms with Crippen LogP contribution < -0.4 is 5.73 Å². The van der Waals surface area contributed by atoms with Crippen LogP contribution >= 0.6 is 0 Å². The molecule has 2 saturated heterocycles. The number of carboxylic acid groups (broad SMARTS) is 1. The first-order valence-corrected chi connectivity index (χ1v) is 15.9. The molecule has 0 saturated carbocycles. The van der Waals surface area contributed by atoms with Crippen LogP contribution in [0.15, 0.2) is 60.8 Å². The number of carbonyl (C=O) groups is 2. The van der Waals surface area contributed by atoms with Gasteiger partial charge in [-0.15, -0.1) is 0 Å². The van der Waals surface area contributed by atoms with E-state index in [1.165, 1.54) is 6.08 Å². The molecule has 3 rings (SSSR count). The molecule has 0 spiro atoms. The third-order valence-corrected chi connectivity index (χ3v) is 8.55. The second-order valence-electron chi connectivity index (χ2n) is 12.5. The minimum Gasteiger partial charge on any atom is -0.481 e. The van der Waals surface area contributed by atoms with Gasteiger partial charge in [0.2, 0.25) is 0 Å². The van der Waals surface area contributed by atoms with Crippen LogP contribution in [0.4, 0.5) is 0 Å². The van der Waals surface area contributed by atoms with E-state index in [0.717, 1.165) is 12.2 Å². The molecule has 2 bridgehead atoms. The van der Waals surface area contributed by atoms with Gasteiger partial charge >= 0.3 is 11.9 Å². The first kappa shape index (κ1) is 39.6. The lowest BCUT2D eigenvalue weighted by molar-refractivity contribution is -0.305. The SMILES string of the molecule is C[C@H]1/C=C/C=C/C=C/C=C/C(O[C@@H]2OC[C@@H](O)[C@H](N)[C@H]2O)C[C@@H]2OC(O)(CC(O)CC(O)[C@H](O)/C=C/C(=O)O[C@@H]1C)C[C@H](O)[C@H]2C(=O)O. The number of aliphatic carboxylic acids is 1. The van der Waals surface area contributed by atoms with Crippen molar-refractivity contribution in [2.75, 3.05) is 6.61 Å². The normalized spacial score (nSPS) is 45.9. The number of rotatable bonds is 3. The molecule has 3 heterocycles. The van der Waals surface area contributed by atoms with Crippen molar-refractivity contribution in [3.63, 3.8) is 0 Å². The van der Waals surface area contributed by atoms with E-state index in [9.17, 15) is 50.4 Å². The molecular formula is C33H49NO14. The minimum atomic E-state index is -2.26. The Hall–Kier alpha value is -2.80. The molecule has 3 aliphatic rings. The number of ether oxygens (including phenoxy) is 4. The van der Waals surface area contributed by atoms with Crippen LogP contribution in [0.3, 0.4) is 0 Å². The van der Waals surface area contributed by atoms with E-state index in [1.54, 1.807) is 43.4 Å². The number of carbonyl (C=O) groups excluding carboxylic acids is 1. The molecule has 0 radical (unpaired) electrons. The number of hydrogen-bond donors (Lipinski definition) is 9. The molecule has 15 heteroatoms. The Balaban J connectivity index is 1.92. The Morgan fingerprint density at radius 2 is 1.54 bits per heavy atom. The van der Waals surface area contributed by atoms with E-state index in [1.807, 2.05) is 13.0 Å². The van der Waals surface area contributed by atoms with Crippen molar-refractivity contribution in [2.45, 2.75) is 113 Å². The van der Waals surface area contributed by atoms with Gasteiger partial charge in [0, 0.05) is 37.7 Å². The highest BCUT2D eigenvalue weighted by Crippen LogP contribution is 2.38. The number of cyclic esters (lactones) is 1. The fourth-order valence-corrected chi connectivity index (χ4v) is 5.61. The van der Waals surface area contributed by atoms with Gasteiger partial charge in [0.15, 0.2) is 12.1 Å². The Kier molecular flexibility index (Phi) is 15.1. The largest absolute Gasteiger partial charge is 0.481 e. The highest BCUT2D eigenvalue weighted by Gasteiger charge is 2.50. The maximum absolute atomic E-state index is 12.2. The fraction of sp³-hybridized carbons (Fsp3) is 0.636. The van der Waals surface area contributed by atoms with Gasteiger partial charge in [-0.2, -0.15) is 0 Å². The van der Waals surface area contributed by atoms with Crippen molar-refractivity contribution in [3.05, 3.63) is 60.8 Å². The van der Waals surface area contributed by atoms with Crippen LogP contribution in [0.1, 0.15) is 39.5 Å². The third kappa shape index (κ3) is 11.7. The van der Waals surface area contributed by atoms with Crippen molar-refractivity contribution in [1.29, 1.82) is 0 Å². The summed E-state index contributed by atoms with van der Waals surface area (Å²) in [5.74, 6) is -6.14. The average molecular weight is 684 g/mol. The van der Waals surface area contributed by atoms with Gasteiger partial charge in [-0.05, 0) is 13.0 Å². The number of hydrogen-bond acceptors (Lipinski definition) is 14. The van der Waals surface area contributed by atoms with E-state index in [-0.39, 0.29) is 18.9 Å². The summed E-state index contributed by atoms with van der Waals surface area (Å²) in [7, 11) is 0. The lowest BCUT2D eigenvalue weighted by Crippen LogP contribution is -2.59. The lowest BCUT2D eigenvalue weighted by Gasteiger charge is -2.45. The maximum atomic E-state index is 12.2. The molecular weight excluding hydrogens is 634 g/mol. The minimum absolute atomic E-state index is 0.169. The van der Waals surface area contributed by atoms with Crippen LogP contribution in [0.2, 0.25) is 0 Å². The van der Waals surface area contributed by atoms with E-state index in [2.05, 4.69) is 0 Å². The van der Waals surface area contributed by atoms with Gasteiger partial charge in [-0.1, -0.05) is 55.5 Å². The van der Waals surface area contributed by atoms with Gasteiger partial charge < -0.3 is 65.5 Å². The molecule has 4 unspecified atom stereocenters. The second kappa shape index (κ2) is 18.3. The van der Waals surface area contributed by atoms with Crippen LogP contribution in [-0.2, 0) is 28.5 Å². The second-order valence-corrected chi connectivity index (χ2v) is 12.5. The van der Waals surface area contributed by atoms with Crippen LogP contribution in [0, 0.1) is 11.8 Å². The predicted molar refractivity (Wildman–Crippen MR) is 168 cm³/mol. The molecule has 2 fully saturated rings. The highest BCUT2D eigenvalue weighted by atomic mass is 16.7. The van der Waals surface area contributed by atoms with E-state index >= 15 is 0 Å². The first-order chi connectivity index (χ1) is 22.6. The number of carboxylic acids is 1. The Morgan fingerprint density at radius 3 is 2.21 bits per heavy atom. The summed E-state index contributed by atoms with van der Waals surface area (Å²) < 4.78 is 22.5. The number of aliphatic hydroxyl groups is 7. The molecule has 14 atom stereocenters. The van der Waals surface area contributed by atoms with Gasteiger partial charge in [0.05, 0.1) is 55.4 Å². The molecule has 15 nitrogen and oxygen atoms in total. The van der Waals surface area contributed by atoms with Crippen LogP contribution in [0.25, 0.3) is 0 Å². The van der Waals surface area contributed by atoms with Crippen molar-refractivity contribution in [3.8, 4) is 0 Å². The van der Waals surface area contributed by atoms with Gasteiger partial charge in [-0.3, -0.25) is 4.79 Å². The topological polar surface area (TPSA) is 259 Å². The molecule has 3 aliphatic heterocycles. The summed E-state index contributed by atoms with van der Waals surface area (Å²) in [6.45, 7) is 3.31. The van der Waals surface area contributed by atoms with Crippen molar-refractivity contribution in [2.24, 2.45) is 17.6 Å². The zero-order valence-corrected chi connectivity index (χ0v) is 26.9. The van der Waals surface area contributed by atoms with Crippen molar-refractivity contribution in [1.82, 2.24) is 0 Å². The molecule has 270 valence electrons. The smallest absolute Gasteiger partial charge is 0.330 e. The third-order valence-electron chi connectivity index (χ3n) is 8.55. The van der Waals surface area contributed by atoms with Gasteiger partial charge in [-0.25, -0.2) is 4.79 Å². The molecule has 0 aromatic carbocycles. The quantitative estimate of drug-likeness (QED) is 0.161. The monoisotopic (exact) mass is 683 g/mol. The number of aliphatic hydroxyl groups excluding tert-OH is 6. The summed E-state index contributed by atoms with van der Waals surface area (Å²) in [5.41, 5.74) is 5.87. The Bertz CT molecular complexity index is 1200. The van der Waals surface area contributed by atoms with E-state index in [0.29, 0.717) is 0 Å². The number of fused-ring (bicyclic) bond motifs is 2. The van der Waals surface area contributed by atoms with Gasteiger partial charge in [0.25, 0.3) is 0 Å². The standard InChI is InChI=1S/C33H49NO14/c1-18-9-7-5-3-4-6-8-10-21(47-32-30(41)29(34)25(39)17-45-32)14-26-28(31(42)43)24(38)16-33(44,48-26)15-20(35)13-23(37)22(36)11-12-27(40)46-19(18)2/h3-12,18-26,28-30,32,35-39,41,44H,13-17,34H2,1-2H3,(H,42,43)/b5-3+,6-4+,9-7+,10-8+,12-11+/t18-,19+,20?,21?,22+,23?,24-,25+,26-,28+,29-,30+,32-,33?/m0/s1. The molecule has 0 aliphatic carbocycles. The molecule has 0 amide bonds. The number of esters is 1. The molecule has 48 heavy (non-hydrogen) atoms. The van der Waals surface area contributed by atoms with Crippen molar-refractivity contribution >= 4 is 11.9 Å². The Morgan fingerprint density at radius 1 is 0.896 bits per heavy atom. The summed E-state index contributed by atoms with van der Waals surface area (Å²) in [6, 6.07) is -1.09. The molecule has 0 aromatic heterocycles. The average Bonchev–Trinajstić information content (AvgIpc) is 2.99. The van der Waals surface area contributed by atoms with Crippen LogP contribution in [0.5, 0.6) is 0 Å².